The monoisotopic (exact) mass is 867 g/mol. The molecule has 0 spiro atoms. The first-order valence-electron chi connectivity index (χ1n) is 23.5. The lowest BCUT2D eigenvalue weighted by Crippen LogP contribution is -2.59. The second-order valence-corrected chi connectivity index (χ2v) is 19.9. The van der Waals surface area contributed by atoms with Gasteiger partial charge in [0, 0.05) is 57.1 Å². The van der Waals surface area contributed by atoms with Crippen LogP contribution in [0.25, 0.3) is 11.1 Å². The average Bonchev–Trinajstić information content (AvgIpc) is 3.35. The normalized spacial score (nSPS) is 12.7. The summed E-state index contributed by atoms with van der Waals surface area (Å²) in [6.07, 6.45) is 0. The Kier molecular flexibility index (Phi) is 10.4. The van der Waals surface area contributed by atoms with Gasteiger partial charge < -0.3 is 19.4 Å². The predicted octanol–water partition coefficient (Wildman–Crippen LogP) is 15.3. The lowest BCUT2D eigenvalue weighted by Gasteiger charge is -2.42. The molecule has 0 aliphatic carbocycles. The molecule has 2 aliphatic heterocycles. The van der Waals surface area contributed by atoms with Crippen LogP contribution in [0.15, 0.2) is 218 Å². The highest BCUT2D eigenvalue weighted by Gasteiger charge is 2.44. The molecule has 67 heavy (non-hydrogen) atoms. The molecule has 0 N–H and O–H groups in total. The molecule has 2 heterocycles. The van der Waals surface area contributed by atoms with Crippen LogP contribution in [0.1, 0.15) is 52.7 Å². The summed E-state index contributed by atoms with van der Waals surface area (Å²) in [5.74, 6) is 1.76. The van der Waals surface area contributed by atoms with Gasteiger partial charge in [0.15, 0.2) is 0 Å². The van der Waals surface area contributed by atoms with Crippen molar-refractivity contribution in [3.05, 3.63) is 230 Å². The summed E-state index contributed by atoms with van der Waals surface area (Å²) in [7, 11) is 0. The van der Waals surface area contributed by atoms with Crippen LogP contribution in [0, 0.1) is 0 Å². The van der Waals surface area contributed by atoms with E-state index in [0.29, 0.717) is 0 Å². The number of hydrogen-bond donors (Lipinski definition) is 0. The lowest BCUT2D eigenvalue weighted by atomic mass is 9.34. The minimum Gasteiger partial charge on any atom is -0.458 e. The summed E-state index contributed by atoms with van der Waals surface area (Å²) in [5.41, 5.74) is 18.0. The molecule has 0 radical (unpaired) electrons. The third-order valence-corrected chi connectivity index (χ3v) is 13.4. The maximum atomic E-state index is 7.32. The molecule has 326 valence electrons. The molecule has 11 rings (SSSR count). The van der Waals surface area contributed by atoms with Crippen LogP contribution in [-0.4, -0.2) is 6.71 Å². The van der Waals surface area contributed by atoms with Crippen molar-refractivity contribution in [1.29, 1.82) is 0 Å². The zero-order chi connectivity index (χ0) is 45.9. The van der Waals surface area contributed by atoms with E-state index >= 15 is 0 Å². The fraction of sp³-hybridized carbons (Fsp3) is 0.129. The van der Waals surface area contributed by atoms with Crippen molar-refractivity contribution in [3.8, 4) is 22.6 Å². The van der Waals surface area contributed by atoms with Gasteiger partial charge in [0.05, 0.1) is 5.69 Å². The number of fused-ring (bicyclic) bond motifs is 4. The Labute approximate surface area is 396 Å². The van der Waals surface area contributed by atoms with E-state index in [1.54, 1.807) is 0 Å². The van der Waals surface area contributed by atoms with E-state index in [9.17, 15) is 0 Å². The molecule has 5 heteroatoms. The van der Waals surface area contributed by atoms with Crippen LogP contribution >= 0.6 is 0 Å². The Hall–Kier alpha value is -7.76. The number of benzene rings is 9. The van der Waals surface area contributed by atoms with Crippen LogP contribution in [0.4, 0.5) is 51.2 Å². The van der Waals surface area contributed by atoms with Gasteiger partial charge in [0.25, 0.3) is 6.71 Å². The van der Waals surface area contributed by atoms with Gasteiger partial charge in [-0.3, -0.25) is 0 Å². The van der Waals surface area contributed by atoms with Gasteiger partial charge in [-0.25, -0.2) is 0 Å². The van der Waals surface area contributed by atoms with Crippen molar-refractivity contribution in [3.63, 3.8) is 0 Å². The summed E-state index contributed by atoms with van der Waals surface area (Å²) in [6.45, 7) is 13.7. The van der Waals surface area contributed by atoms with E-state index in [0.717, 1.165) is 68.1 Å². The number of nitrogens with zero attached hydrogens (tertiary/aromatic N) is 3. The van der Waals surface area contributed by atoms with Crippen molar-refractivity contribution in [2.75, 3.05) is 14.7 Å². The lowest BCUT2D eigenvalue weighted by molar-refractivity contribution is 0.483. The Bertz CT molecular complexity index is 3160. The molecule has 0 amide bonds. The highest BCUT2D eigenvalue weighted by Crippen LogP contribution is 2.49. The summed E-state index contributed by atoms with van der Waals surface area (Å²) < 4.78 is 7.32. The van der Waals surface area contributed by atoms with Gasteiger partial charge in [-0.05, 0) is 135 Å². The summed E-state index contributed by atoms with van der Waals surface area (Å²) in [5, 5.41) is 0. The number of anilines is 9. The fourth-order valence-electron chi connectivity index (χ4n) is 9.94. The standard InChI is InChI=1S/C62H54BN3O/c1-61(2,3)44-32-37-55(52(38-44)43-22-12-7-13-23-43)66-56-41-50(64(46-24-14-8-15-25-46)47-26-16-9-17-27-47)33-35-53(56)63-54-36-34-51(65(48-28-18-10-19-29-48)49-30-20-11-21-31-49)42-58(54)67-59-40-45(62(4,5)6)39-57(66)60(59)63/h7-42H,1-6H3. The summed E-state index contributed by atoms with van der Waals surface area (Å²) in [6, 6.07) is 79.3. The van der Waals surface area contributed by atoms with Crippen molar-refractivity contribution >= 4 is 74.3 Å². The molecule has 9 aromatic carbocycles. The SMILES string of the molecule is CC(C)(C)c1ccc(N2c3cc(N(c4ccccc4)c4ccccc4)ccc3B3c4ccc(N(c5ccccc5)c5ccccc5)cc4Oc4cc(C(C)(C)C)cc2c43)c(-c2ccccc2)c1. The minimum atomic E-state index is -0.173. The largest absolute Gasteiger partial charge is 0.458 e. The molecule has 0 saturated heterocycles. The van der Waals surface area contributed by atoms with Gasteiger partial charge in [0.1, 0.15) is 11.5 Å². The van der Waals surface area contributed by atoms with E-state index < -0.39 is 0 Å². The van der Waals surface area contributed by atoms with E-state index in [2.05, 4.69) is 275 Å². The first kappa shape index (κ1) is 41.9. The highest BCUT2D eigenvalue weighted by molar-refractivity contribution is 6.99. The van der Waals surface area contributed by atoms with Gasteiger partial charge in [-0.15, -0.1) is 0 Å². The molecule has 2 aliphatic rings. The smallest absolute Gasteiger partial charge is 0.256 e. The molecule has 0 aromatic heterocycles. The summed E-state index contributed by atoms with van der Waals surface area (Å²) in [4.78, 5) is 7.23. The molecular formula is C62H54BN3O. The third-order valence-electron chi connectivity index (χ3n) is 13.4. The van der Waals surface area contributed by atoms with Gasteiger partial charge in [-0.2, -0.15) is 0 Å². The molecule has 0 atom stereocenters. The topological polar surface area (TPSA) is 19.0 Å². The van der Waals surface area contributed by atoms with Crippen LogP contribution in [0.3, 0.4) is 0 Å². The van der Waals surface area contributed by atoms with Crippen LogP contribution < -0.4 is 35.8 Å². The predicted molar refractivity (Wildman–Crippen MR) is 284 cm³/mol. The highest BCUT2D eigenvalue weighted by atomic mass is 16.5. The molecule has 0 bridgehead atoms. The van der Waals surface area contributed by atoms with Crippen LogP contribution in [0.5, 0.6) is 11.5 Å². The van der Waals surface area contributed by atoms with Crippen molar-refractivity contribution < 1.29 is 4.74 Å². The zero-order valence-electron chi connectivity index (χ0n) is 39.1. The Morgan fingerprint density at radius 1 is 0.373 bits per heavy atom. The summed E-state index contributed by atoms with van der Waals surface area (Å²) >= 11 is 0. The Morgan fingerprint density at radius 3 is 1.36 bits per heavy atom. The van der Waals surface area contributed by atoms with E-state index in [1.165, 1.54) is 33.2 Å². The van der Waals surface area contributed by atoms with E-state index in [-0.39, 0.29) is 17.5 Å². The maximum Gasteiger partial charge on any atom is 0.256 e. The van der Waals surface area contributed by atoms with E-state index in [1.807, 2.05) is 0 Å². The van der Waals surface area contributed by atoms with Crippen molar-refractivity contribution in [2.45, 2.75) is 52.4 Å². The Balaban J connectivity index is 1.19. The zero-order valence-corrected chi connectivity index (χ0v) is 39.1. The Morgan fingerprint density at radius 2 is 0.851 bits per heavy atom. The fourth-order valence-corrected chi connectivity index (χ4v) is 9.94. The maximum absolute atomic E-state index is 7.32. The second kappa shape index (κ2) is 16.6. The van der Waals surface area contributed by atoms with Crippen LogP contribution in [-0.2, 0) is 10.8 Å². The number of rotatable bonds is 8. The van der Waals surface area contributed by atoms with Crippen LogP contribution in [0.2, 0.25) is 0 Å². The van der Waals surface area contributed by atoms with Gasteiger partial charge in [0.2, 0.25) is 0 Å². The van der Waals surface area contributed by atoms with Gasteiger partial charge >= 0.3 is 0 Å². The molecular weight excluding hydrogens is 814 g/mol. The molecule has 4 nitrogen and oxygen atoms in total. The van der Waals surface area contributed by atoms with Gasteiger partial charge in [-0.1, -0.05) is 163 Å². The molecule has 9 aromatic rings. The third kappa shape index (κ3) is 7.65. The van der Waals surface area contributed by atoms with E-state index in [4.69, 9.17) is 4.74 Å². The number of ether oxygens (including phenoxy) is 1. The number of hydrogen-bond acceptors (Lipinski definition) is 4. The number of para-hydroxylation sites is 4. The molecule has 0 unspecified atom stereocenters. The molecule has 0 saturated carbocycles. The average molecular weight is 868 g/mol. The second-order valence-electron chi connectivity index (χ2n) is 19.9. The first-order valence-corrected chi connectivity index (χ1v) is 23.5. The first-order chi connectivity index (χ1) is 32.5. The van der Waals surface area contributed by atoms with Crippen molar-refractivity contribution in [1.82, 2.24) is 0 Å². The minimum absolute atomic E-state index is 0.0513. The molecule has 0 fully saturated rings. The van der Waals surface area contributed by atoms with Crippen molar-refractivity contribution in [2.24, 2.45) is 0 Å². The quantitative estimate of drug-likeness (QED) is 0.142.